The summed E-state index contributed by atoms with van der Waals surface area (Å²) in [6.45, 7) is 9.66. The molecule has 1 saturated heterocycles. The molecular formula is C18H28N4O2. The summed E-state index contributed by atoms with van der Waals surface area (Å²) in [5.41, 5.74) is 1.26. The van der Waals surface area contributed by atoms with Crippen molar-refractivity contribution in [3.63, 3.8) is 0 Å². The normalized spacial score (nSPS) is 15.4. The zero-order valence-electron chi connectivity index (χ0n) is 14.6. The van der Waals surface area contributed by atoms with Crippen LogP contribution in [0.25, 0.3) is 0 Å². The molecule has 6 heteroatoms. The van der Waals surface area contributed by atoms with Gasteiger partial charge in [-0.25, -0.2) is 0 Å². The fourth-order valence-corrected chi connectivity index (χ4v) is 2.65. The Morgan fingerprint density at radius 3 is 2.25 bits per heavy atom. The SMILES string of the molecule is CC(C)CNC(=O)C(=O)NCCN1CCN(c2ccccc2)CC1. The number of benzene rings is 1. The monoisotopic (exact) mass is 332 g/mol. The van der Waals surface area contributed by atoms with Gasteiger partial charge >= 0.3 is 11.8 Å². The zero-order valence-corrected chi connectivity index (χ0v) is 14.6. The first-order valence-electron chi connectivity index (χ1n) is 8.64. The molecule has 1 fully saturated rings. The molecule has 24 heavy (non-hydrogen) atoms. The number of para-hydroxylation sites is 1. The van der Waals surface area contributed by atoms with Crippen LogP contribution in [0.1, 0.15) is 13.8 Å². The predicted octanol–water partition coefficient (Wildman–Crippen LogP) is 0.697. The Morgan fingerprint density at radius 1 is 1.00 bits per heavy atom. The molecule has 0 bridgehead atoms. The van der Waals surface area contributed by atoms with Crippen molar-refractivity contribution in [3.05, 3.63) is 30.3 Å². The molecule has 0 aromatic heterocycles. The summed E-state index contributed by atoms with van der Waals surface area (Å²) in [5.74, 6) is -0.751. The molecule has 0 saturated carbocycles. The second-order valence-electron chi connectivity index (χ2n) is 6.52. The van der Waals surface area contributed by atoms with Gasteiger partial charge in [-0.1, -0.05) is 32.0 Å². The molecule has 2 N–H and O–H groups in total. The lowest BCUT2D eigenvalue weighted by molar-refractivity contribution is -0.139. The van der Waals surface area contributed by atoms with Gasteiger partial charge in [-0.15, -0.1) is 0 Å². The summed E-state index contributed by atoms with van der Waals surface area (Å²) in [4.78, 5) is 28.0. The Morgan fingerprint density at radius 2 is 1.62 bits per heavy atom. The van der Waals surface area contributed by atoms with E-state index in [1.165, 1.54) is 5.69 Å². The molecule has 0 spiro atoms. The first-order valence-corrected chi connectivity index (χ1v) is 8.64. The van der Waals surface area contributed by atoms with Crippen molar-refractivity contribution in [2.45, 2.75) is 13.8 Å². The van der Waals surface area contributed by atoms with Crippen LogP contribution in [0.15, 0.2) is 30.3 Å². The Labute approximate surface area is 144 Å². The van der Waals surface area contributed by atoms with Crippen molar-refractivity contribution in [2.75, 3.05) is 50.7 Å². The lowest BCUT2D eigenvalue weighted by Crippen LogP contribution is -2.49. The van der Waals surface area contributed by atoms with E-state index in [9.17, 15) is 9.59 Å². The molecule has 132 valence electrons. The number of nitrogens with zero attached hydrogens (tertiary/aromatic N) is 2. The van der Waals surface area contributed by atoms with Crippen LogP contribution in [0, 0.1) is 5.92 Å². The van der Waals surface area contributed by atoms with Crippen LogP contribution in [0.3, 0.4) is 0 Å². The number of nitrogens with one attached hydrogen (secondary N) is 2. The van der Waals surface area contributed by atoms with E-state index in [1.54, 1.807) is 0 Å². The minimum Gasteiger partial charge on any atom is -0.369 e. The van der Waals surface area contributed by atoms with Crippen LogP contribution in [0.4, 0.5) is 5.69 Å². The first kappa shape index (κ1) is 18.3. The third-order valence-corrected chi connectivity index (χ3v) is 4.08. The molecule has 1 heterocycles. The van der Waals surface area contributed by atoms with Crippen LogP contribution >= 0.6 is 0 Å². The first-order chi connectivity index (χ1) is 11.6. The number of hydrogen-bond acceptors (Lipinski definition) is 4. The number of carbonyl (C=O) groups is 2. The Hall–Kier alpha value is -2.08. The molecule has 1 aliphatic heterocycles. The number of piperazine rings is 1. The van der Waals surface area contributed by atoms with Gasteiger partial charge in [-0.2, -0.15) is 0 Å². The molecule has 2 amide bonds. The molecule has 1 aromatic rings. The summed E-state index contributed by atoms with van der Waals surface area (Å²) in [6, 6.07) is 10.4. The van der Waals surface area contributed by atoms with E-state index in [0.29, 0.717) is 19.0 Å². The summed E-state index contributed by atoms with van der Waals surface area (Å²) < 4.78 is 0. The molecule has 0 aliphatic carbocycles. The van der Waals surface area contributed by atoms with E-state index in [-0.39, 0.29) is 0 Å². The van der Waals surface area contributed by atoms with E-state index in [4.69, 9.17) is 0 Å². The minimum absolute atomic E-state index is 0.336. The van der Waals surface area contributed by atoms with Crippen molar-refractivity contribution in [3.8, 4) is 0 Å². The average Bonchev–Trinajstić information content (AvgIpc) is 2.61. The van der Waals surface area contributed by atoms with Crippen LogP contribution in [0.2, 0.25) is 0 Å². The quantitative estimate of drug-likeness (QED) is 0.753. The summed E-state index contributed by atoms with van der Waals surface area (Å²) in [7, 11) is 0. The predicted molar refractivity (Wildman–Crippen MR) is 96.0 cm³/mol. The Bertz CT molecular complexity index is 525. The van der Waals surface area contributed by atoms with Gasteiger partial charge in [0, 0.05) is 51.5 Å². The van der Waals surface area contributed by atoms with Gasteiger partial charge in [0.25, 0.3) is 0 Å². The third-order valence-electron chi connectivity index (χ3n) is 4.08. The number of hydrogen-bond donors (Lipinski definition) is 2. The zero-order chi connectivity index (χ0) is 17.4. The molecule has 1 aliphatic rings. The molecule has 2 rings (SSSR count). The smallest absolute Gasteiger partial charge is 0.309 e. The fourth-order valence-electron chi connectivity index (χ4n) is 2.65. The van der Waals surface area contributed by atoms with Crippen LogP contribution in [0.5, 0.6) is 0 Å². The number of rotatable bonds is 6. The maximum Gasteiger partial charge on any atom is 0.309 e. The van der Waals surface area contributed by atoms with Crippen molar-refractivity contribution < 1.29 is 9.59 Å². The summed E-state index contributed by atoms with van der Waals surface area (Å²) in [5, 5.41) is 5.31. The van der Waals surface area contributed by atoms with Gasteiger partial charge in [0.1, 0.15) is 0 Å². The second kappa shape index (κ2) is 9.27. The number of carbonyl (C=O) groups excluding carboxylic acids is 2. The van der Waals surface area contributed by atoms with Gasteiger partial charge in [-0.05, 0) is 18.1 Å². The van der Waals surface area contributed by atoms with Crippen LogP contribution in [-0.2, 0) is 9.59 Å². The lowest BCUT2D eigenvalue weighted by atomic mass is 10.2. The third kappa shape index (κ3) is 5.85. The fraction of sp³-hybridized carbons (Fsp3) is 0.556. The lowest BCUT2D eigenvalue weighted by Gasteiger charge is -2.36. The van der Waals surface area contributed by atoms with Gasteiger partial charge in [0.2, 0.25) is 0 Å². The molecular weight excluding hydrogens is 304 g/mol. The van der Waals surface area contributed by atoms with Gasteiger partial charge in [0.05, 0.1) is 0 Å². The van der Waals surface area contributed by atoms with E-state index in [0.717, 1.165) is 32.7 Å². The minimum atomic E-state index is -0.544. The highest BCUT2D eigenvalue weighted by molar-refractivity contribution is 6.35. The number of anilines is 1. The summed E-state index contributed by atoms with van der Waals surface area (Å²) in [6.07, 6.45) is 0. The van der Waals surface area contributed by atoms with Gasteiger partial charge in [0.15, 0.2) is 0 Å². The highest BCUT2D eigenvalue weighted by Crippen LogP contribution is 2.15. The van der Waals surface area contributed by atoms with Crippen molar-refractivity contribution >= 4 is 17.5 Å². The average molecular weight is 332 g/mol. The molecule has 0 unspecified atom stereocenters. The standard InChI is InChI=1S/C18H28N4O2/c1-15(2)14-20-18(24)17(23)19-8-9-21-10-12-22(13-11-21)16-6-4-3-5-7-16/h3-7,15H,8-14H2,1-2H3,(H,19,23)(H,20,24). The highest BCUT2D eigenvalue weighted by Gasteiger charge is 2.18. The van der Waals surface area contributed by atoms with Gasteiger partial charge < -0.3 is 15.5 Å². The Balaban J connectivity index is 1.62. The highest BCUT2D eigenvalue weighted by atomic mass is 16.2. The second-order valence-corrected chi connectivity index (χ2v) is 6.52. The van der Waals surface area contributed by atoms with Gasteiger partial charge in [-0.3, -0.25) is 14.5 Å². The van der Waals surface area contributed by atoms with Crippen molar-refractivity contribution in [1.29, 1.82) is 0 Å². The van der Waals surface area contributed by atoms with Crippen molar-refractivity contribution in [2.24, 2.45) is 5.92 Å². The molecule has 0 atom stereocenters. The molecule has 0 radical (unpaired) electrons. The van der Waals surface area contributed by atoms with Crippen molar-refractivity contribution in [1.82, 2.24) is 15.5 Å². The summed E-state index contributed by atoms with van der Waals surface area (Å²) >= 11 is 0. The maximum atomic E-state index is 11.7. The largest absolute Gasteiger partial charge is 0.369 e. The molecule has 6 nitrogen and oxygen atoms in total. The van der Waals surface area contributed by atoms with Crippen LogP contribution < -0.4 is 15.5 Å². The van der Waals surface area contributed by atoms with E-state index in [2.05, 4.69) is 44.7 Å². The van der Waals surface area contributed by atoms with E-state index >= 15 is 0 Å². The topological polar surface area (TPSA) is 64.7 Å². The number of amides is 2. The van der Waals surface area contributed by atoms with Crippen LogP contribution in [-0.4, -0.2) is 62.5 Å². The van der Waals surface area contributed by atoms with E-state index < -0.39 is 11.8 Å². The maximum absolute atomic E-state index is 11.7. The molecule has 1 aromatic carbocycles. The van der Waals surface area contributed by atoms with E-state index in [1.807, 2.05) is 19.9 Å². The Kier molecular flexibility index (Phi) is 7.06.